The van der Waals surface area contributed by atoms with Crippen LogP contribution in [0.25, 0.3) is 5.53 Å². The van der Waals surface area contributed by atoms with E-state index in [9.17, 15) is 9.90 Å². The normalized spacial score (nSPS) is 5.14. The average molecular weight is 124 g/mol. The van der Waals surface area contributed by atoms with Gasteiger partial charge in [0.1, 0.15) is 5.97 Å². The summed E-state index contributed by atoms with van der Waals surface area (Å²) >= 11 is 0. The predicted molar refractivity (Wildman–Crippen MR) is 14.7 cm³/mol. The molecule has 0 spiro atoms. The van der Waals surface area contributed by atoms with E-state index in [0.29, 0.717) is 0 Å². The van der Waals surface area contributed by atoms with Crippen LogP contribution in [0.1, 0.15) is 0 Å². The van der Waals surface area contributed by atoms with Gasteiger partial charge in [-0.3, -0.25) is 0 Å². The zero-order valence-electron chi connectivity index (χ0n) is 3.79. The second kappa shape index (κ2) is 6.49. The summed E-state index contributed by atoms with van der Waals surface area (Å²) in [4.78, 5) is 11.3. The fourth-order valence-electron chi connectivity index (χ4n) is 0.0471. The van der Waals surface area contributed by atoms with E-state index in [1.165, 1.54) is 0 Å². The van der Waals surface area contributed by atoms with E-state index in [1.54, 1.807) is 0 Å². The molecule has 0 N–H and O–H groups in total. The molecule has 0 radical (unpaired) electrons. The Hall–Kier alpha value is 0.486. The summed E-state index contributed by atoms with van der Waals surface area (Å²) in [6, 6.07) is 0. The standard InChI is InChI=1S/C2H2N2O2.K/c3-4-1-2(5)6;/h1H,(H,5,6);/q;+1/p-1. The Balaban J connectivity index is 0. The first-order valence-corrected chi connectivity index (χ1v) is 1.16. The average Bonchev–Trinajstić information content (AvgIpc) is 1.35. The number of carbonyl (C=O) groups excluding carboxylic acids is 1. The van der Waals surface area contributed by atoms with Crippen molar-refractivity contribution in [3.05, 3.63) is 5.53 Å². The molecule has 0 atom stereocenters. The van der Waals surface area contributed by atoms with Gasteiger partial charge >= 0.3 is 57.6 Å². The van der Waals surface area contributed by atoms with E-state index in [1.807, 2.05) is 0 Å². The Morgan fingerprint density at radius 3 is 2.29 bits per heavy atom. The fourth-order valence-corrected chi connectivity index (χ4v) is 0.0471. The second-order valence-electron chi connectivity index (χ2n) is 0.564. The van der Waals surface area contributed by atoms with Crippen molar-refractivity contribution in [1.29, 1.82) is 0 Å². The van der Waals surface area contributed by atoms with E-state index in [0.717, 1.165) is 0 Å². The van der Waals surface area contributed by atoms with E-state index >= 15 is 0 Å². The maximum atomic E-state index is 9.18. The van der Waals surface area contributed by atoms with Gasteiger partial charge in [-0.15, -0.1) is 0 Å². The Morgan fingerprint density at radius 1 is 1.86 bits per heavy atom. The van der Waals surface area contributed by atoms with Gasteiger partial charge in [0.15, 0.2) is 0 Å². The van der Waals surface area contributed by atoms with Crippen molar-refractivity contribution in [2.75, 3.05) is 0 Å². The van der Waals surface area contributed by atoms with E-state index in [-0.39, 0.29) is 57.6 Å². The SMILES string of the molecule is [K+].[N-]=[N+]=CC(=O)[O-]. The maximum Gasteiger partial charge on any atom is 1.00 e. The van der Waals surface area contributed by atoms with Crippen LogP contribution in [-0.2, 0) is 4.79 Å². The number of nitrogens with zero attached hydrogens (tertiary/aromatic N) is 2. The number of carboxylic acids is 1. The van der Waals surface area contributed by atoms with E-state index in [4.69, 9.17) is 5.53 Å². The molecule has 0 rings (SSSR count). The number of carbonyl (C=O) groups is 1. The zero-order valence-corrected chi connectivity index (χ0v) is 6.91. The van der Waals surface area contributed by atoms with Crippen molar-refractivity contribution in [1.82, 2.24) is 0 Å². The van der Waals surface area contributed by atoms with Crippen molar-refractivity contribution in [3.63, 3.8) is 0 Å². The molecular weight excluding hydrogens is 123 g/mol. The molecule has 4 nitrogen and oxygen atoms in total. The van der Waals surface area contributed by atoms with Gasteiger partial charge in [-0.2, -0.15) is 4.79 Å². The molecule has 7 heavy (non-hydrogen) atoms. The predicted octanol–water partition coefficient (Wildman–Crippen LogP) is -4.96. The number of rotatable bonds is 1. The Kier molecular flexibility index (Phi) is 9.70. The summed E-state index contributed by atoms with van der Waals surface area (Å²) in [6.07, 6.45) is 0.278. The smallest absolute Gasteiger partial charge is 0.539 e. The van der Waals surface area contributed by atoms with Gasteiger partial charge < -0.3 is 15.4 Å². The molecule has 0 aliphatic carbocycles. The molecule has 0 fully saturated rings. The van der Waals surface area contributed by atoms with Crippen LogP contribution in [0, 0.1) is 0 Å². The van der Waals surface area contributed by atoms with Crippen LogP contribution in [0.4, 0.5) is 0 Å². The fraction of sp³-hybridized carbons (Fsp3) is 0. The van der Waals surface area contributed by atoms with Crippen molar-refractivity contribution in [2.45, 2.75) is 0 Å². The molecule has 0 aliphatic heterocycles. The Labute approximate surface area is 82.6 Å². The molecule has 0 aliphatic rings. The quantitative estimate of drug-likeness (QED) is 0.152. The van der Waals surface area contributed by atoms with Crippen LogP contribution < -0.4 is 56.5 Å². The molecule has 0 bridgehead atoms. The third-order valence-corrected chi connectivity index (χ3v) is 0.163. The third kappa shape index (κ3) is 10.7. The Bertz CT molecular complexity index is 106. The topological polar surface area (TPSA) is 76.5 Å². The maximum absolute atomic E-state index is 9.18. The summed E-state index contributed by atoms with van der Waals surface area (Å²) in [5, 5.41) is 9.18. The first-order valence-electron chi connectivity index (χ1n) is 1.16. The molecule has 0 aromatic heterocycles. The van der Waals surface area contributed by atoms with E-state index < -0.39 is 5.97 Å². The molecule has 0 heterocycles. The van der Waals surface area contributed by atoms with Gasteiger partial charge in [0, 0.05) is 0 Å². The molecule has 5 heteroatoms. The van der Waals surface area contributed by atoms with Crippen LogP contribution >= 0.6 is 0 Å². The van der Waals surface area contributed by atoms with Crippen LogP contribution in [0.15, 0.2) is 0 Å². The van der Waals surface area contributed by atoms with Crippen molar-refractivity contribution >= 4 is 12.2 Å². The van der Waals surface area contributed by atoms with Gasteiger partial charge in [-0.1, -0.05) is 0 Å². The molecular formula is C2HKN2O2. The van der Waals surface area contributed by atoms with Crippen molar-refractivity contribution < 1.29 is 66.1 Å². The number of aliphatic carboxylic acids is 1. The molecule has 0 saturated carbocycles. The van der Waals surface area contributed by atoms with Crippen molar-refractivity contribution in [2.24, 2.45) is 0 Å². The van der Waals surface area contributed by atoms with Crippen LogP contribution in [-0.4, -0.2) is 17.0 Å². The minimum atomic E-state index is -1.50. The summed E-state index contributed by atoms with van der Waals surface area (Å²) in [7, 11) is 0. The van der Waals surface area contributed by atoms with Crippen LogP contribution in [0.5, 0.6) is 0 Å². The molecule has 0 amide bonds. The van der Waals surface area contributed by atoms with Crippen LogP contribution in [0.2, 0.25) is 0 Å². The number of carboxylic acid groups (broad SMARTS) is 1. The summed E-state index contributed by atoms with van der Waals surface area (Å²) < 4.78 is 0. The number of hydrogen-bond donors (Lipinski definition) is 0. The molecule has 0 aromatic rings. The number of hydrogen-bond acceptors (Lipinski definition) is 2. The first-order chi connectivity index (χ1) is 2.77. The summed E-state index contributed by atoms with van der Waals surface area (Å²) in [5.41, 5.74) is 7.39. The second-order valence-corrected chi connectivity index (χ2v) is 0.564. The first kappa shape index (κ1) is 10.5. The van der Waals surface area contributed by atoms with E-state index in [2.05, 4.69) is 4.79 Å². The van der Waals surface area contributed by atoms with Gasteiger partial charge in [0.05, 0.1) is 0 Å². The van der Waals surface area contributed by atoms with Gasteiger partial charge in [-0.05, 0) is 0 Å². The zero-order chi connectivity index (χ0) is 4.99. The minimum absolute atomic E-state index is 0. The van der Waals surface area contributed by atoms with Gasteiger partial charge in [0.2, 0.25) is 0 Å². The molecule has 0 saturated heterocycles. The summed E-state index contributed by atoms with van der Waals surface area (Å²) in [5.74, 6) is -1.50. The molecule has 32 valence electrons. The monoisotopic (exact) mass is 124 g/mol. The third-order valence-electron chi connectivity index (χ3n) is 0.163. The van der Waals surface area contributed by atoms with Gasteiger partial charge in [-0.25, -0.2) is 0 Å². The molecule has 0 unspecified atom stereocenters. The largest absolute Gasteiger partial charge is 1.00 e. The summed E-state index contributed by atoms with van der Waals surface area (Å²) in [6.45, 7) is 0. The molecule has 0 aromatic carbocycles. The minimum Gasteiger partial charge on any atom is -0.539 e. The van der Waals surface area contributed by atoms with Gasteiger partial charge in [0.25, 0.3) is 0 Å². The Morgan fingerprint density at radius 2 is 2.29 bits per heavy atom. The van der Waals surface area contributed by atoms with Crippen LogP contribution in [0.3, 0.4) is 0 Å². The van der Waals surface area contributed by atoms with Crippen molar-refractivity contribution in [3.8, 4) is 0 Å².